The van der Waals surface area contributed by atoms with Gasteiger partial charge in [0.05, 0.1) is 10.6 Å². The molecule has 7 heteroatoms. The quantitative estimate of drug-likeness (QED) is 0.722. The number of nitrogens with two attached hydrogens (primary N) is 1. The Hall–Kier alpha value is -1.18. The van der Waals surface area contributed by atoms with E-state index in [1.807, 2.05) is 20.8 Å². The van der Waals surface area contributed by atoms with Crippen molar-refractivity contribution in [1.29, 1.82) is 0 Å². The number of nitrogen functional groups attached to an aromatic ring is 1. The Balaban J connectivity index is 3.16. The summed E-state index contributed by atoms with van der Waals surface area (Å²) in [5.74, 6) is -0.614. The fourth-order valence-electron chi connectivity index (χ4n) is 1.97. The van der Waals surface area contributed by atoms with Crippen LogP contribution >= 0.6 is 0 Å². The van der Waals surface area contributed by atoms with Gasteiger partial charge in [-0.3, -0.25) is 0 Å². The highest BCUT2D eigenvalue weighted by molar-refractivity contribution is 7.89. The van der Waals surface area contributed by atoms with Crippen molar-refractivity contribution in [3.8, 4) is 0 Å². The zero-order valence-electron chi connectivity index (χ0n) is 12.8. The van der Waals surface area contributed by atoms with E-state index in [4.69, 9.17) is 10.8 Å². The summed E-state index contributed by atoms with van der Waals surface area (Å²) in [7, 11) is -3.83. The monoisotopic (exact) mass is 318 g/mol. The van der Waals surface area contributed by atoms with E-state index >= 15 is 0 Å². The molecule has 1 atom stereocenters. The van der Waals surface area contributed by atoms with Crippen LogP contribution < -0.4 is 10.5 Å². The summed E-state index contributed by atoms with van der Waals surface area (Å²) in [6.07, 6.45) is 0.290. The van der Waals surface area contributed by atoms with Crippen molar-refractivity contribution >= 4 is 15.7 Å². The SMILES string of the molecule is Cc1cc(S(=O)(=O)NC(CCO)C(C)(C)C)cc(N)c1F. The van der Waals surface area contributed by atoms with Crippen LogP contribution in [-0.2, 0) is 10.0 Å². The van der Waals surface area contributed by atoms with Crippen LogP contribution in [-0.4, -0.2) is 26.2 Å². The average molecular weight is 318 g/mol. The van der Waals surface area contributed by atoms with Gasteiger partial charge in [0.15, 0.2) is 0 Å². The number of halogens is 1. The fraction of sp³-hybridized carbons (Fsp3) is 0.571. The Morgan fingerprint density at radius 1 is 1.38 bits per heavy atom. The molecule has 1 rings (SSSR count). The number of aliphatic hydroxyl groups is 1. The van der Waals surface area contributed by atoms with E-state index in [0.29, 0.717) is 6.42 Å². The van der Waals surface area contributed by atoms with Crippen LogP contribution in [0.2, 0.25) is 0 Å². The largest absolute Gasteiger partial charge is 0.396 e. The maximum atomic E-state index is 13.5. The van der Waals surface area contributed by atoms with Gasteiger partial charge in [0.2, 0.25) is 10.0 Å². The molecule has 0 amide bonds. The van der Waals surface area contributed by atoms with E-state index in [1.165, 1.54) is 13.0 Å². The lowest BCUT2D eigenvalue weighted by Gasteiger charge is -2.30. The molecule has 1 unspecified atom stereocenters. The third kappa shape index (κ3) is 4.39. The van der Waals surface area contributed by atoms with Gasteiger partial charge in [-0.2, -0.15) is 0 Å². The fourth-order valence-corrected chi connectivity index (χ4v) is 3.57. The van der Waals surface area contributed by atoms with E-state index in [1.54, 1.807) is 0 Å². The second-order valence-corrected chi connectivity index (χ2v) is 7.91. The maximum absolute atomic E-state index is 13.5. The molecule has 5 nitrogen and oxygen atoms in total. The Kier molecular flexibility index (Phi) is 5.35. The normalized spacial score (nSPS) is 14.2. The summed E-state index contributed by atoms with van der Waals surface area (Å²) >= 11 is 0. The zero-order valence-corrected chi connectivity index (χ0v) is 13.6. The second-order valence-electron chi connectivity index (χ2n) is 6.20. The van der Waals surface area contributed by atoms with E-state index < -0.39 is 21.9 Å². The van der Waals surface area contributed by atoms with Crippen LogP contribution in [0.1, 0.15) is 32.8 Å². The van der Waals surface area contributed by atoms with Gasteiger partial charge in [0.25, 0.3) is 0 Å². The molecule has 0 aromatic heterocycles. The molecule has 0 saturated carbocycles. The summed E-state index contributed by atoms with van der Waals surface area (Å²) in [5, 5.41) is 9.09. The third-order valence-corrected chi connectivity index (χ3v) is 4.78. The molecule has 1 aromatic rings. The molecule has 0 spiro atoms. The summed E-state index contributed by atoms with van der Waals surface area (Å²) in [5.41, 5.74) is 5.09. The lowest BCUT2D eigenvalue weighted by molar-refractivity contribution is 0.214. The molecule has 0 saturated heterocycles. The predicted molar refractivity (Wildman–Crippen MR) is 80.8 cm³/mol. The molecule has 0 heterocycles. The first-order valence-corrected chi connectivity index (χ1v) is 8.16. The lowest BCUT2D eigenvalue weighted by Crippen LogP contribution is -2.44. The minimum Gasteiger partial charge on any atom is -0.396 e. The Labute approximate surface area is 125 Å². The predicted octanol–water partition coefficient (Wildman–Crippen LogP) is 1.79. The molecule has 21 heavy (non-hydrogen) atoms. The van der Waals surface area contributed by atoms with Crippen LogP contribution in [0.4, 0.5) is 10.1 Å². The van der Waals surface area contributed by atoms with E-state index in [2.05, 4.69) is 4.72 Å². The Morgan fingerprint density at radius 2 is 1.95 bits per heavy atom. The topological polar surface area (TPSA) is 92.4 Å². The Morgan fingerprint density at radius 3 is 2.38 bits per heavy atom. The summed E-state index contributed by atoms with van der Waals surface area (Å²) in [6, 6.07) is 1.90. The number of nitrogens with one attached hydrogen (secondary N) is 1. The van der Waals surface area contributed by atoms with Crippen LogP contribution in [0.5, 0.6) is 0 Å². The van der Waals surface area contributed by atoms with Crippen molar-refractivity contribution in [1.82, 2.24) is 4.72 Å². The molecule has 1 aromatic carbocycles. The molecule has 0 aliphatic rings. The minimum atomic E-state index is -3.83. The molecular formula is C14H23FN2O3S. The van der Waals surface area contributed by atoms with Crippen LogP contribution in [0.3, 0.4) is 0 Å². The highest BCUT2D eigenvalue weighted by atomic mass is 32.2. The maximum Gasteiger partial charge on any atom is 0.240 e. The molecule has 4 N–H and O–H groups in total. The van der Waals surface area contributed by atoms with Gasteiger partial charge in [0.1, 0.15) is 5.82 Å². The van der Waals surface area contributed by atoms with Crippen molar-refractivity contribution in [2.24, 2.45) is 5.41 Å². The average Bonchev–Trinajstić information content (AvgIpc) is 2.33. The summed E-state index contributed by atoms with van der Waals surface area (Å²) in [6.45, 7) is 6.95. The van der Waals surface area contributed by atoms with Gasteiger partial charge in [-0.15, -0.1) is 0 Å². The van der Waals surface area contributed by atoms with Gasteiger partial charge in [-0.1, -0.05) is 20.8 Å². The van der Waals surface area contributed by atoms with Crippen LogP contribution in [0, 0.1) is 18.2 Å². The van der Waals surface area contributed by atoms with E-state index in [-0.39, 0.29) is 28.2 Å². The molecule has 0 fully saturated rings. The molecular weight excluding hydrogens is 295 g/mol. The minimum absolute atomic E-state index is 0.0777. The van der Waals surface area contributed by atoms with Crippen molar-refractivity contribution in [3.63, 3.8) is 0 Å². The third-order valence-electron chi connectivity index (χ3n) is 3.33. The molecule has 0 bridgehead atoms. The standard InChI is InChI=1S/C14H23FN2O3S/c1-9-7-10(8-11(16)13(9)15)21(19,20)17-12(5-6-18)14(2,3)4/h7-8,12,17-18H,5-6,16H2,1-4H3. The second kappa shape index (κ2) is 6.29. The van der Waals surface area contributed by atoms with Gasteiger partial charge < -0.3 is 10.8 Å². The number of benzene rings is 1. The van der Waals surface area contributed by atoms with Gasteiger partial charge in [-0.25, -0.2) is 17.5 Å². The van der Waals surface area contributed by atoms with Crippen molar-refractivity contribution in [2.75, 3.05) is 12.3 Å². The molecule has 0 radical (unpaired) electrons. The lowest BCUT2D eigenvalue weighted by atomic mass is 9.86. The van der Waals surface area contributed by atoms with Gasteiger partial charge in [0, 0.05) is 12.6 Å². The van der Waals surface area contributed by atoms with Crippen LogP contribution in [0.15, 0.2) is 17.0 Å². The van der Waals surface area contributed by atoms with Crippen molar-refractivity contribution in [3.05, 3.63) is 23.5 Å². The summed E-state index contributed by atoms with van der Waals surface area (Å²) < 4.78 is 40.9. The first-order chi connectivity index (χ1) is 9.49. The molecule has 0 aliphatic heterocycles. The highest BCUT2D eigenvalue weighted by Gasteiger charge is 2.29. The van der Waals surface area contributed by atoms with Crippen molar-refractivity contribution < 1.29 is 17.9 Å². The highest BCUT2D eigenvalue weighted by Crippen LogP contribution is 2.25. The molecule has 0 aliphatic carbocycles. The Bertz CT molecular complexity index is 586. The van der Waals surface area contributed by atoms with E-state index in [9.17, 15) is 12.8 Å². The number of aryl methyl sites for hydroxylation is 1. The smallest absolute Gasteiger partial charge is 0.240 e. The van der Waals surface area contributed by atoms with Gasteiger partial charge >= 0.3 is 0 Å². The van der Waals surface area contributed by atoms with Gasteiger partial charge in [-0.05, 0) is 36.5 Å². The number of aliphatic hydroxyl groups excluding tert-OH is 1. The van der Waals surface area contributed by atoms with E-state index in [0.717, 1.165) is 6.07 Å². The number of hydrogen-bond acceptors (Lipinski definition) is 4. The van der Waals surface area contributed by atoms with Crippen LogP contribution in [0.25, 0.3) is 0 Å². The first kappa shape index (κ1) is 17.9. The number of anilines is 1. The first-order valence-electron chi connectivity index (χ1n) is 6.68. The zero-order chi connectivity index (χ0) is 16.4. The molecule has 120 valence electrons. The summed E-state index contributed by atoms with van der Waals surface area (Å²) in [4.78, 5) is -0.0777. The number of hydrogen-bond donors (Lipinski definition) is 3. The van der Waals surface area contributed by atoms with Crippen molar-refractivity contribution in [2.45, 2.75) is 45.1 Å². The number of rotatable bonds is 5. The number of sulfonamides is 1.